The summed E-state index contributed by atoms with van der Waals surface area (Å²) in [4.78, 5) is 0. The molecule has 2 aromatic carbocycles. The van der Waals surface area contributed by atoms with Crippen LogP contribution in [-0.2, 0) is 4.74 Å². The van der Waals surface area contributed by atoms with Crippen LogP contribution < -0.4 is 5.32 Å². The van der Waals surface area contributed by atoms with Crippen molar-refractivity contribution in [2.24, 2.45) is 0 Å². The smallest absolute Gasteiger partial charge is 0.0646 e. The molecule has 0 aliphatic heterocycles. The number of nitrogens with one attached hydrogen (secondary N) is 1. The highest BCUT2D eigenvalue weighted by molar-refractivity contribution is 5.93. The van der Waals surface area contributed by atoms with Crippen molar-refractivity contribution in [1.82, 2.24) is 0 Å². The van der Waals surface area contributed by atoms with Gasteiger partial charge < -0.3 is 10.1 Å². The van der Waals surface area contributed by atoms with Crippen molar-refractivity contribution < 1.29 is 4.74 Å². The van der Waals surface area contributed by atoms with Crippen LogP contribution in [0.3, 0.4) is 0 Å². The average molecular weight is 243 g/mol. The van der Waals surface area contributed by atoms with Gasteiger partial charge in [0.1, 0.15) is 0 Å². The number of hydrogen-bond donors (Lipinski definition) is 1. The molecule has 0 spiro atoms. The van der Waals surface area contributed by atoms with Gasteiger partial charge >= 0.3 is 0 Å². The Kier molecular flexibility index (Phi) is 3.87. The minimum Gasteiger partial charge on any atom is -0.382 e. The highest BCUT2D eigenvalue weighted by atomic mass is 16.5. The molecule has 0 heterocycles. The van der Waals surface area contributed by atoms with E-state index in [4.69, 9.17) is 4.74 Å². The highest BCUT2D eigenvalue weighted by Crippen LogP contribution is 2.22. The van der Waals surface area contributed by atoms with Gasteiger partial charge in [-0.1, -0.05) is 36.4 Å². The Morgan fingerprint density at radius 3 is 2.50 bits per heavy atom. The summed E-state index contributed by atoms with van der Waals surface area (Å²) in [6.45, 7) is 7.76. The monoisotopic (exact) mass is 243 g/mol. The van der Waals surface area contributed by atoms with Gasteiger partial charge in [0.2, 0.25) is 0 Å². The van der Waals surface area contributed by atoms with Crippen molar-refractivity contribution in [1.29, 1.82) is 0 Å². The van der Waals surface area contributed by atoms with Crippen LogP contribution in [0.4, 0.5) is 5.69 Å². The number of ether oxygens (including phenoxy) is 1. The fourth-order valence-corrected chi connectivity index (χ4v) is 1.92. The van der Waals surface area contributed by atoms with E-state index < -0.39 is 0 Å². The Bertz CT molecular complexity index is 508. The minimum atomic E-state index is -0.0690. The Morgan fingerprint density at radius 1 is 1.00 bits per heavy atom. The summed E-state index contributed by atoms with van der Waals surface area (Å²) in [5.74, 6) is 0. The molecule has 0 radical (unpaired) electrons. The van der Waals surface area contributed by atoms with E-state index in [9.17, 15) is 0 Å². The maximum absolute atomic E-state index is 5.70. The molecule has 18 heavy (non-hydrogen) atoms. The van der Waals surface area contributed by atoms with Gasteiger partial charge in [0.15, 0.2) is 0 Å². The lowest BCUT2D eigenvalue weighted by Gasteiger charge is -2.20. The Balaban J connectivity index is 2.00. The van der Waals surface area contributed by atoms with Crippen LogP contribution in [0.2, 0.25) is 0 Å². The third-order valence-corrected chi connectivity index (χ3v) is 2.74. The summed E-state index contributed by atoms with van der Waals surface area (Å²) in [7, 11) is 0. The lowest BCUT2D eigenvalue weighted by molar-refractivity contribution is 0.00334. The average Bonchev–Trinajstić information content (AvgIpc) is 2.33. The van der Waals surface area contributed by atoms with E-state index in [1.165, 1.54) is 16.5 Å². The second-order valence-electron chi connectivity index (χ2n) is 5.41. The standard InChI is InChI=1S/C16H21NO/c1-16(2,3)18-12-11-17-15-10-6-8-13-7-4-5-9-14(13)15/h4-10,17H,11-12H2,1-3H3. The van der Waals surface area contributed by atoms with Gasteiger partial charge in [0.05, 0.1) is 12.2 Å². The maximum atomic E-state index is 5.70. The third kappa shape index (κ3) is 3.47. The van der Waals surface area contributed by atoms with Crippen molar-refractivity contribution in [3.05, 3.63) is 42.5 Å². The summed E-state index contributed by atoms with van der Waals surface area (Å²) < 4.78 is 5.70. The van der Waals surface area contributed by atoms with E-state index >= 15 is 0 Å². The summed E-state index contributed by atoms with van der Waals surface area (Å²) >= 11 is 0. The first-order valence-electron chi connectivity index (χ1n) is 6.42. The van der Waals surface area contributed by atoms with E-state index in [0.717, 1.165) is 6.54 Å². The van der Waals surface area contributed by atoms with E-state index in [-0.39, 0.29) is 5.60 Å². The van der Waals surface area contributed by atoms with Gasteiger partial charge in [-0.05, 0) is 32.2 Å². The molecule has 96 valence electrons. The third-order valence-electron chi connectivity index (χ3n) is 2.74. The van der Waals surface area contributed by atoms with Crippen LogP contribution in [0.1, 0.15) is 20.8 Å². The fourth-order valence-electron chi connectivity index (χ4n) is 1.92. The number of benzene rings is 2. The van der Waals surface area contributed by atoms with Gasteiger partial charge in [-0.2, -0.15) is 0 Å². The molecule has 0 fully saturated rings. The Labute approximate surface area is 109 Å². The van der Waals surface area contributed by atoms with Gasteiger partial charge in [0, 0.05) is 17.6 Å². The first kappa shape index (κ1) is 12.9. The van der Waals surface area contributed by atoms with Gasteiger partial charge in [-0.3, -0.25) is 0 Å². The van der Waals surface area contributed by atoms with Crippen LogP contribution in [0.25, 0.3) is 10.8 Å². The predicted molar refractivity (Wildman–Crippen MR) is 78.1 cm³/mol. The molecular formula is C16H21NO. The van der Waals surface area contributed by atoms with Gasteiger partial charge in [-0.25, -0.2) is 0 Å². The van der Waals surface area contributed by atoms with Crippen LogP contribution in [0.5, 0.6) is 0 Å². The molecule has 0 bridgehead atoms. The van der Waals surface area contributed by atoms with E-state index in [1.807, 2.05) is 0 Å². The van der Waals surface area contributed by atoms with Crippen LogP contribution in [-0.4, -0.2) is 18.8 Å². The highest BCUT2D eigenvalue weighted by Gasteiger charge is 2.09. The van der Waals surface area contributed by atoms with Crippen LogP contribution >= 0.6 is 0 Å². The molecule has 2 aromatic rings. The lowest BCUT2D eigenvalue weighted by atomic mass is 10.1. The first-order chi connectivity index (χ1) is 8.56. The molecule has 2 heteroatoms. The van der Waals surface area contributed by atoms with Crippen molar-refractivity contribution >= 4 is 16.5 Å². The zero-order valence-corrected chi connectivity index (χ0v) is 11.4. The summed E-state index contributed by atoms with van der Waals surface area (Å²) in [5, 5.41) is 5.96. The van der Waals surface area contributed by atoms with E-state index in [2.05, 4.69) is 68.6 Å². The largest absolute Gasteiger partial charge is 0.382 e. The van der Waals surface area contributed by atoms with Crippen LogP contribution in [0, 0.1) is 0 Å². The Morgan fingerprint density at radius 2 is 1.72 bits per heavy atom. The zero-order chi connectivity index (χ0) is 13.0. The predicted octanol–water partition coefficient (Wildman–Crippen LogP) is 4.07. The van der Waals surface area contributed by atoms with Crippen molar-refractivity contribution in [2.75, 3.05) is 18.5 Å². The number of rotatable bonds is 4. The number of hydrogen-bond acceptors (Lipinski definition) is 2. The lowest BCUT2D eigenvalue weighted by Crippen LogP contribution is -2.23. The summed E-state index contributed by atoms with van der Waals surface area (Å²) in [5.41, 5.74) is 1.10. The molecule has 0 amide bonds. The molecule has 0 unspecified atom stereocenters. The molecule has 0 aromatic heterocycles. The van der Waals surface area contributed by atoms with Gasteiger partial charge in [-0.15, -0.1) is 0 Å². The Hall–Kier alpha value is -1.54. The SMILES string of the molecule is CC(C)(C)OCCNc1cccc2ccccc12. The zero-order valence-electron chi connectivity index (χ0n) is 11.4. The fraction of sp³-hybridized carbons (Fsp3) is 0.375. The summed E-state index contributed by atoms with van der Waals surface area (Å²) in [6.07, 6.45) is 0. The van der Waals surface area contributed by atoms with Crippen molar-refractivity contribution in [3.63, 3.8) is 0 Å². The first-order valence-corrected chi connectivity index (χ1v) is 6.42. The number of anilines is 1. The molecule has 2 nitrogen and oxygen atoms in total. The van der Waals surface area contributed by atoms with Crippen LogP contribution in [0.15, 0.2) is 42.5 Å². The van der Waals surface area contributed by atoms with Crippen molar-refractivity contribution in [2.45, 2.75) is 26.4 Å². The molecule has 1 N–H and O–H groups in total. The molecule has 0 saturated carbocycles. The quantitative estimate of drug-likeness (QED) is 0.817. The normalized spacial score (nSPS) is 11.7. The second-order valence-corrected chi connectivity index (χ2v) is 5.41. The maximum Gasteiger partial charge on any atom is 0.0646 e. The number of fused-ring (bicyclic) bond motifs is 1. The van der Waals surface area contributed by atoms with E-state index in [1.54, 1.807) is 0 Å². The molecular weight excluding hydrogens is 222 g/mol. The topological polar surface area (TPSA) is 21.3 Å². The summed E-state index contributed by atoms with van der Waals surface area (Å²) in [6, 6.07) is 14.7. The molecule has 0 aliphatic carbocycles. The van der Waals surface area contributed by atoms with E-state index in [0.29, 0.717) is 6.61 Å². The molecule has 2 rings (SSSR count). The van der Waals surface area contributed by atoms with Gasteiger partial charge in [0.25, 0.3) is 0 Å². The van der Waals surface area contributed by atoms with Crippen molar-refractivity contribution in [3.8, 4) is 0 Å². The molecule has 0 saturated heterocycles. The minimum absolute atomic E-state index is 0.0690. The molecule has 0 atom stereocenters. The second kappa shape index (κ2) is 5.40. The molecule has 0 aliphatic rings.